The maximum Gasteiger partial charge on any atom is 0.339 e. The number of rotatable bonds is 4. The number of carboxylic acid groups (broad SMARTS) is 1. The molecule has 1 aromatic carbocycles. The van der Waals surface area contributed by atoms with E-state index in [2.05, 4.69) is 20.2 Å². The second kappa shape index (κ2) is 6.25. The van der Waals surface area contributed by atoms with Crippen molar-refractivity contribution < 1.29 is 14.4 Å². The summed E-state index contributed by atoms with van der Waals surface area (Å²) >= 11 is 0. The Morgan fingerprint density at radius 1 is 1.08 bits per heavy atom. The molecule has 8 heteroatoms. The number of carbonyl (C=O) groups is 1. The van der Waals surface area contributed by atoms with E-state index in [1.807, 2.05) is 30.3 Å². The van der Waals surface area contributed by atoms with Gasteiger partial charge in [-0.05, 0) is 19.1 Å². The van der Waals surface area contributed by atoms with Gasteiger partial charge in [0.2, 0.25) is 5.82 Å². The number of aromatic nitrogens is 5. The van der Waals surface area contributed by atoms with Gasteiger partial charge in [0.05, 0.1) is 17.5 Å². The third kappa shape index (κ3) is 2.73. The number of hydrogen-bond donors (Lipinski definition) is 1. The van der Waals surface area contributed by atoms with Crippen LogP contribution in [0.3, 0.4) is 0 Å². The van der Waals surface area contributed by atoms with E-state index in [1.165, 1.54) is 10.9 Å². The lowest BCUT2D eigenvalue weighted by Gasteiger charge is -2.03. The van der Waals surface area contributed by atoms with Crippen molar-refractivity contribution in [3.63, 3.8) is 0 Å². The lowest BCUT2D eigenvalue weighted by atomic mass is 10.2. The van der Waals surface area contributed by atoms with Crippen LogP contribution in [0.5, 0.6) is 0 Å². The fourth-order valence-corrected chi connectivity index (χ4v) is 2.53. The van der Waals surface area contributed by atoms with Crippen molar-refractivity contribution >= 4 is 5.97 Å². The van der Waals surface area contributed by atoms with E-state index in [4.69, 9.17) is 9.63 Å². The standard InChI is InChI=1S/C18H13N5O3/c1-11-14(18(24)25)10-20-23(11)15-8-7-13(9-19-15)17-21-16(22-26-17)12-5-3-2-4-6-12/h2-10H,1H3,(H,24,25). The molecule has 8 nitrogen and oxygen atoms in total. The van der Waals surface area contributed by atoms with Gasteiger partial charge in [-0.2, -0.15) is 10.1 Å². The Bertz CT molecular complexity index is 1070. The molecule has 128 valence electrons. The van der Waals surface area contributed by atoms with E-state index in [0.717, 1.165) is 5.56 Å². The first-order valence-electron chi connectivity index (χ1n) is 7.77. The first-order chi connectivity index (χ1) is 12.6. The summed E-state index contributed by atoms with van der Waals surface area (Å²) in [4.78, 5) is 19.8. The van der Waals surface area contributed by atoms with Gasteiger partial charge in [0.25, 0.3) is 5.89 Å². The number of hydrogen-bond acceptors (Lipinski definition) is 6. The predicted molar refractivity (Wildman–Crippen MR) is 91.8 cm³/mol. The van der Waals surface area contributed by atoms with Crippen LogP contribution in [0.25, 0.3) is 28.7 Å². The van der Waals surface area contributed by atoms with Crippen LogP contribution in [0.2, 0.25) is 0 Å². The van der Waals surface area contributed by atoms with Crippen molar-refractivity contribution in [1.82, 2.24) is 24.9 Å². The van der Waals surface area contributed by atoms with Crippen molar-refractivity contribution in [2.24, 2.45) is 0 Å². The highest BCUT2D eigenvalue weighted by molar-refractivity contribution is 5.88. The molecule has 0 atom stereocenters. The van der Waals surface area contributed by atoms with Crippen molar-refractivity contribution in [1.29, 1.82) is 0 Å². The average Bonchev–Trinajstić information content (AvgIpc) is 3.30. The summed E-state index contributed by atoms with van der Waals surface area (Å²) in [5, 5.41) is 17.2. The molecule has 26 heavy (non-hydrogen) atoms. The molecule has 0 radical (unpaired) electrons. The first kappa shape index (κ1) is 15.7. The second-order valence-corrected chi connectivity index (χ2v) is 5.55. The molecule has 0 aliphatic rings. The Morgan fingerprint density at radius 2 is 1.88 bits per heavy atom. The number of pyridine rings is 1. The molecule has 0 amide bonds. The molecular weight excluding hydrogens is 334 g/mol. The molecule has 4 aromatic rings. The quantitative estimate of drug-likeness (QED) is 0.604. The molecular formula is C18H13N5O3. The summed E-state index contributed by atoms with van der Waals surface area (Å²) in [5.41, 5.74) is 2.16. The second-order valence-electron chi connectivity index (χ2n) is 5.55. The van der Waals surface area contributed by atoms with E-state index in [0.29, 0.717) is 28.8 Å². The van der Waals surface area contributed by atoms with E-state index in [1.54, 1.807) is 25.3 Å². The molecule has 0 fully saturated rings. The molecule has 3 heterocycles. The van der Waals surface area contributed by atoms with E-state index in [9.17, 15) is 4.79 Å². The number of benzene rings is 1. The summed E-state index contributed by atoms with van der Waals surface area (Å²) in [7, 11) is 0. The zero-order valence-electron chi connectivity index (χ0n) is 13.7. The van der Waals surface area contributed by atoms with Crippen molar-refractivity contribution in [3.05, 3.63) is 66.1 Å². The van der Waals surface area contributed by atoms with Crippen LogP contribution < -0.4 is 0 Å². The molecule has 3 aromatic heterocycles. The molecule has 4 rings (SSSR count). The van der Waals surface area contributed by atoms with Crippen LogP contribution in [0, 0.1) is 6.92 Å². The van der Waals surface area contributed by atoms with Gasteiger partial charge < -0.3 is 9.63 Å². The molecule has 0 bridgehead atoms. The zero-order valence-corrected chi connectivity index (χ0v) is 13.7. The fourth-order valence-electron chi connectivity index (χ4n) is 2.53. The van der Waals surface area contributed by atoms with Gasteiger partial charge in [-0.1, -0.05) is 35.5 Å². The molecule has 0 spiro atoms. The van der Waals surface area contributed by atoms with E-state index >= 15 is 0 Å². The predicted octanol–water partition coefficient (Wildman–Crippen LogP) is 2.99. The van der Waals surface area contributed by atoms with Gasteiger partial charge in [-0.3, -0.25) is 0 Å². The van der Waals surface area contributed by atoms with Gasteiger partial charge in [0, 0.05) is 11.8 Å². The maximum absolute atomic E-state index is 11.1. The van der Waals surface area contributed by atoms with Gasteiger partial charge in [-0.15, -0.1) is 0 Å². The summed E-state index contributed by atoms with van der Waals surface area (Å²) in [6, 6.07) is 13.0. The molecule has 0 saturated carbocycles. The van der Waals surface area contributed by atoms with Crippen LogP contribution in [0.15, 0.2) is 59.4 Å². The first-order valence-corrected chi connectivity index (χ1v) is 7.77. The Kier molecular flexibility index (Phi) is 3.77. The maximum atomic E-state index is 11.1. The molecule has 0 unspecified atom stereocenters. The Labute approximate surface area is 147 Å². The monoisotopic (exact) mass is 347 g/mol. The molecule has 0 aliphatic carbocycles. The topological polar surface area (TPSA) is 107 Å². The summed E-state index contributed by atoms with van der Waals surface area (Å²) < 4.78 is 6.78. The third-order valence-corrected chi connectivity index (χ3v) is 3.91. The minimum atomic E-state index is -1.02. The summed E-state index contributed by atoms with van der Waals surface area (Å²) in [5.74, 6) is 0.330. The van der Waals surface area contributed by atoms with E-state index < -0.39 is 5.97 Å². The minimum Gasteiger partial charge on any atom is -0.478 e. The van der Waals surface area contributed by atoms with Gasteiger partial charge in [0.15, 0.2) is 5.82 Å². The third-order valence-electron chi connectivity index (χ3n) is 3.91. The van der Waals surface area contributed by atoms with Crippen LogP contribution in [-0.2, 0) is 0 Å². The smallest absolute Gasteiger partial charge is 0.339 e. The molecule has 1 N–H and O–H groups in total. The number of nitrogens with zero attached hydrogens (tertiary/aromatic N) is 5. The molecule has 0 saturated heterocycles. The highest BCUT2D eigenvalue weighted by atomic mass is 16.5. The lowest BCUT2D eigenvalue weighted by Crippen LogP contribution is -2.04. The Balaban J connectivity index is 1.63. The van der Waals surface area contributed by atoms with Crippen LogP contribution >= 0.6 is 0 Å². The van der Waals surface area contributed by atoms with Gasteiger partial charge in [-0.25, -0.2) is 14.5 Å². The summed E-state index contributed by atoms with van der Waals surface area (Å²) in [6.45, 7) is 1.68. The lowest BCUT2D eigenvalue weighted by molar-refractivity contribution is 0.0696. The van der Waals surface area contributed by atoms with Crippen LogP contribution in [0.1, 0.15) is 16.1 Å². The van der Waals surface area contributed by atoms with E-state index in [-0.39, 0.29) is 5.56 Å². The normalized spacial score (nSPS) is 10.8. The van der Waals surface area contributed by atoms with Crippen LogP contribution in [-0.4, -0.2) is 36.0 Å². The fraction of sp³-hybridized carbons (Fsp3) is 0.0556. The SMILES string of the molecule is Cc1c(C(=O)O)cnn1-c1ccc(-c2nc(-c3ccccc3)no2)cn1. The average molecular weight is 347 g/mol. The Morgan fingerprint density at radius 3 is 2.54 bits per heavy atom. The highest BCUT2D eigenvalue weighted by Crippen LogP contribution is 2.22. The molecule has 0 aliphatic heterocycles. The largest absolute Gasteiger partial charge is 0.478 e. The number of aromatic carboxylic acids is 1. The van der Waals surface area contributed by atoms with Crippen molar-refractivity contribution in [2.45, 2.75) is 6.92 Å². The zero-order chi connectivity index (χ0) is 18.1. The van der Waals surface area contributed by atoms with Crippen molar-refractivity contribution in [2.75, 3.05) is 0 Å². The summed E-state index contributed by atoms with van der Waals surface area (Å²) in [6.07, 6.45) is 2.89. The minimum absolute atomic E-state index is 0.139. The number of carboxylic acids is 1. The van der Waals surface area contributed by atoms with Gasteiger partial charge >= 0.3 is 5.97 Å². The van der Waals surface area contributed by atoms with Crippen LogP contribution in [0.4, 0.5) is 0 Å². The van der Waals surface area contributed by atoms with Gasteiger partial charge in [0.1, 0.15) is 5.56 Å². The highest BCUT2D eigenvalue weighted by Gasteiger charge is 2.15. The van der Waals surface area contributed by atoms with Crippen molar-refractivity contribution in [3.8, 4) is 28.7 Å². The Hall–Kier alpha value is -3.81.